The van der Waals surface area contributed by atoms with Gasteiger partial charge in [-0.3, -0.25) is 4.79 Å². The van der Waals surface area contributed by atoms with E-state index in [-0.39, 0.29) is 5.97 Å². The quantitative estimate of drug-likeness (QED) is 0.0427. The van der Waals surface area contributed by atoms with Crippen LogP contribution in [0.25, 0.3) is 0 Å². The first kappa shape index (κ1) is 61.1. The fraction of sp³-hybridized carbons (Fsp3) is 0.980. The van der Waals surface area contributed by atoms with Crippen molar-refractivity contribution in [2.45, 2.75) is 181 Å². The molecule has 62 heavy (non-hydrogen) atoms. The van der Waals surface area contributed by atoms with Crippen molar-refractivity contribution in [3.63, 3.8) is 0 Å². The van der Waals surface area contributed by atoms with E-state index in [0.717, 1.165) is 25.9 Å². The van der Waals surface area contributed by atoms with E-state index >= 15 is 0 Å². The second-order valence-corrected chi connectivity index (χ2v) is 16.2. The van der Waals surface area contributed by atoms with Crippen molar-refractivity contribution in [2.75, 3.05) is 139 Å². The van der Waals surface area contributed by atoms with Gasteiger partial charge >= 0.3 is 5.97 Å². The van der Waals surface area contributed by atoms with Gasteiger partial charge in [0, 0.05) is 13.0 Å². The monoisotopic (exact) mass is 893 g/mol. The van der Waals surface area contributed by atoms with Crippen LogP contribution >= 0.6 is 0 Å². The minimum Gasteiger partial charge on any atom is -0.463 e. The summed E-state index contributed by atoms with van der Waals surface area (Å²) in [5, 5.41) is 0. The molecule has 0 radical (unpaired) electrons. The van der Waals surface area contributed by atoms with Gasteiger partial charge in [-0.1, -0.05) is 162 Å². The van der Waals surface area contributed by atoms with Crippen LogP contribution in [-0.2, 0) is 56.9 Å². The Bertz CT molecular complexity index is 808. The van der Waals surface area contributed by atoms with Crippen LogP contribution in [0.1, 0.15) is 181 Å². The van der Waals surface area contributed by atoms with Crippen molar-refractivity contribution < 1.29 is 56.9 Å². The molecule has 0 amide bonds. The predicted octanol–water partition coefficient (Wildman–Crippen LogP) is 10.9. The molecule has 0 fully saturated rings. The van der Waals surface area contributed by atoms with Gasteiger partial charge in [-0.15, -0.1) is 0 Å². The highest BCUT2D eigenvalue weighted by molar-refractivity contribution is 5.69. The molecule has 0 aliphatic rings. The molecule has 0 aliphatic heterocycles. The van der Waals surface area contributed by atoms with Crippen LogP contribution in [0.4, 0.5) is 0 Å². The molecule has 0 aromatic carbocycles. The molecule has 0 aromatic rings. The lowest BCUT2D eigenvalue weighted by Gasteiger charge is -2.09. The van der Waals surface area contributed by atoms with Crippen molar-refractivity contribution in [2.24, 2.45) is 0 Å². The minimum absolute atomic E-state index is 0.133. The minimum atomic E-state index is -0.133. The molecular formula is C50H100O12. The first-order chi connectivity index (χ1) is 30.8. The number of unbranched alkanes of at least 4 members (excludes halogenated alkanes) is 23. The Morgan fingerprint density at radius 3 is 0.677 bits per heavy atom. The van der Waals surface area contributed by atoms with Crippen LogP contribution in [-0.4, -0.2) is 145 Å². The van der Waals surface area contributed by atoms with Crippen LogP contribution < -0.4 is 0 Å². The molecule has 12 nitrogen and oxygen atoms in total. The molecule has 0 unspecified atom stereocenters. The largest absolute Gasteiger partial charge is 0.463 e. The average molecular weight is 893 g/mol. The summed E-state index contributed by atoms with van der Waals surface area (Å²) in [6.07, 6.45) is 33.8. The summed E-state index contributed by atoms with van der Waals surface area (Å²) in [6, 6.07) is 0. The second kappa shape index (κ2) is 58.1. The van der Waals surface area contributed by atoms with Gasteiger partial charge < -0.3 is 52.1 Å². The molecular weight excluding hydrogens is 793 g/mol. The molecule has 0 saturated carbocycles. The van der Waals surface area contributed by atoms with Crippen LogP contribution in [0.2, 0.25) is 0 Å². The summed E-state index contributed by atoms with van der Waals surface area (Å²) in [5.41, 5.74) is 0. The second-order valence-electron chi connectivity index (χ2n) is 16.2. The zero-order valence-corrected chi connectivity index (χ0v) is 40.6. The number of carbonyl (C=O) groups excluding carboxylic acids is 1. The maximum absolute atomic E-state index is 11.8. The third-order valence-electron chi connectivity index (χ3n) is 10.5. The fourth-order valence-electron chi connectivity index (χ4n) is 6.70. The van der Waals surface area contributed by atoms with Crippen molar-refractivity contribution in [1.82, 2.24) is 0 Å². The highest BCUT2D eigenvalue weighted by Crippen LogP contribution is 2.14. The Hall–Kier alpha value is -0.930. The summed E-state index contributed by atoms with van der Waals surface area (Å²) in [7, 11) is 0. The summed E-state index contributed by atoms with van der Waals surface area (Å²) >= 11 is 0. The van der Waals surface area contributed by atoms with Crippen molar-refractivity contribution >= 4 is 5.97 Å². The zero-order chi connectivity index (χ0) is 44.6. The number of ether oxygens (including phenoxy) is 11. The highest BCUT2D eigenvalue weighted by Gasteiger charge is 2.03. The SMILES string of the molecule is CCCCCCCCCCCCCCCCCCOCCOCCOCCOCCOCCOCCOCCOCCOCCOCCOC(=O)CCCCCCCCCCC. The lowest BCUT2D eigenvalue weighted by atomic mass is 10.0. The smallest absolute Gasteiger partial charge is 0.305 e. The maximum atomic E-state index is 11.8. The van der Waals surface area contributed by atoms with E-state index < -0.39 is 0 Å². The Kier molecular flexibility index (Phi) is 57.2. The zero-order valence-electron chi connectivity index (χ0n) is 40.6. The van der Waals surface area contributed by atoms with Crippen molar-refractivity contribution in [3.8, 4) is 0 Å². The Morgan fingerprint density at radius 1 is 0.226 bits per heavy atom. The van der Waals surface area contributed by atoms with E-state index in [2.05, 4.69) is 13.8 Å². The van der Waals surface area contributed by atoms with Gasteiger partial charge in [0.1, 0.15) is 6.61 Å². The van der Waals surface area contributed by atoms with E-state index in [9.17, 15) is 4.79 Å². The molecule has 0 bridgehead atoms. The third-order valence-corrected chi connectivity index (χ3v) is 10.5. The number of rotatable bonds is 57. The van der Waals surface area contributed by atoms with Gasteiger partial charge in [0.05, 0.1) is 126 Å². The standard InChI is InChI=1S/C50H100O12/c1-3-5-7-9-11-13-14-15-16-17-18-19-21-23-25-27-29-52-30-31-53-32-33-54-34-35-55-36-37-56-38-39-57-40-41-58-42-43-59-44-45-60-46-47-61-48-49-62-50(51)28-26-24-22-20-12-10-8-6-4-2/h3-49H2,1-2H3. The molecule has 0 aromatic heterocycles. The van der Waals surface area contributed by atoms with Gasteiger partial charge in [0.25, 0.3) is 0 Å². The summed E-state index contributed by atoms with van der Waals surface area (Å²) < 4.78 is 60.7. The van der Waals surface area contributed by atoms with E-state index in [1.54, 1.807) is 0 Å². The van der Waals surface area contributed by atoms with Gasteiger partial charge in [-0.05, 0) is 12.8 Å². The Labute approximate surface area is 381 Å². The maximum Gasteiger partial charge on any atom is 0.305 e. The molecule has 0 rings (SSSR count). The first-order valence-corrected chi connectivity index (χ1v) is 25.7. The van der Waals surface area contributed by atoms with Crippen molar-refractivity contribution in [3.05, 3.63) is 0 Å². The van der Waals surface area contributed by atoms with Crippen LogP contribution in [0, 0.1) is 0 Å². The molecule has 0 atom stereocenters. The lowest BCUT2D eigenvalue weighted by Crippen LogP contribution is -2.15. The molecule has 12 heteroatoms. The van der Waals surface area contributed by atoms with Gasteiger partial charge in [-0.2, -0.15) is 0 Å². The van der Waals surface area contributed by atoms with E-state index in [1.165, 1.54) is 141 Å². The number of esters is 1. The molecule has 0 N–H and O–H groups in total. The molecule has 372 valence electrons. The molecule has 0 spiro atoms. The van der Waals surface area contributed by atoms with Gasteiger partial charge in [-0.25, -0.2) is 0 Å². The molecule has 0 heterocycles. The van der Waals surface area contributed by atoms with E-state index in [1.807, 2.05) is 0 Å². The first-order valence-electron chi connectivity index (χ1n) is 25.7. The Balaban J connectivity index is 3.10. The van der Waals surface area contributed by atoms with Crippen LogP contribution in [0.3, 0.4) is 0 Å². The highest BCUT2D eigenvalue weighted by atomic mass is 16.6. The van der Waals surface area contributed by atoms with Crippen molar-refractivity contribution in [1.29, 1.82) is 0 Å². The summed E-state index contributed by atoms with van der Waals surface area (Å²) in [4.78, 5) is 11.8. The summed E-state index contributed by atoms with van der Waals surface area (Å²) in [6.45, 7) is 15.5. The van der Waals surface area contributed by atoms with Crippen LogP contribution in [0.15, 0.2) is 0 Å². The Morgan fingerprint density at radius 2 is 0.419 bits per heavy atom. The topological polar surface area (TPSA) is 119 Å². The normalized spacial score (nSPS) is 11.6. The third kappa shape index (κ3) is 57.1. The number of hydrogen-bond donors (Lipinski definition) is 0. The van der Waals surface area contributed by atoms with Crippen LogP contribution in [0.5, 0.6) is 0 Å². The van der Waals surface area contributed by atoms with Gasteiger partial charge in [0.15, 0.2) is 0 Å². The summed E-state index contributed by atoms with van der Waals surface area (Å²) in [5.74, 6) is -0.133. The predicted molar refractivity (Wildman–Crippen MR) is 251 cm³/mol. The number of carbonyl (C=O) groups is 1. The van der Waals surface area contributed by atoms with E-state index in [4.69, 9.17) is 52.1 Å². The molecule has 0 saturated heterocycles. The average Bonchev–Trinajstić information content (AvgIpc) is 3.28. The van der Waals surface area contributed by atoms with Gasteiger partial charge in [0.2, 0.25) is 0 Å². The number of hydrogen-bond acceptors (Lipinski definition) is 12. The van der Waals surface area contributed by atoms with E-state index in [0.29, 0.717) is 139 Å². The fourth-order valence-corrected chi connectivity index (χ4v) is 6.70. The lowest BCUT2D eigenvalue weighted by molar-refractivity contribution is -0.145. The molecule has 0 aliphatic carbocycles.